The summed E-state index contributed by atoms with van der Waals surface area (Å²) in [6, 6.07) is 7.09. The van der Waals surface area contributed by atoms with Gasteiger partial charge in [0.15, 0.2) is 0 Å². The fourth-order valence-corrected chi connectivity index (χ4v) is 4.06. The quantitative estimate of drug-likeness (QED) is 0.643. The van der Waals surface area contributed by atoms with E-state index in [0.717, 1.165) is 26.1 Å². The van der Waals surface area contributed by atoms with Gasteiger partial charge in [-0.15, -0.1) is 11.3 Å². The van der Waals surface area contributed by atoms with Crippen molar-refractivity contribution in [2.75, 3.05) is 6.54 Å². The first-order valence-electron chi connectivity index (χ1n) is 6.47. The molecular formula is C15H16Br2FNS. The van der Waals surface area contributed by atoms with Crippen molar-refractivity contribution in [3.05, 3.63) is 54.3 Å². The highest BCUT2D eigenvalue weighted by Gasteiger charge is 2.20. The number of aryl methyl sites for hydroxylation is 1. The smallest absolute Gasteiger partial charge is 0.128 e. The van der Waals surface area contributed by atoms with Crippen LogP contribution < -0.4 is 5.32 Å². The summed E-state index contributed by atoms with van der Waals surface area (Å²) in [6.45, 7) is 5.01. The molecule has 2 rings (SSSR count). The van der Waals surface area contributed by atoms with Crippen molar-refractivity contribution in [2.24, 2.45) is 0 Å². The lowest BCUT2D eigenvalue weighted by Gasteiger charge is -2.18. The minimum Gasteiger partial charge on any atom is -0.306 e. The van der Waals surface area contributed by atoms with Gasteiger partial charge in [-0.05, 0) is 65.6 Å². The molecule has 0 amide bonds. The monoisotopic (exact) mass is 419 g/mol. The van der Waals surface area contributed by atoms with Gasteiger partial charge in [0.05, 0.1) is 9.83 Å². The van der Waals surface area contributed by atoms with Crippen LogP contribution in [-0.4, -0.2) is 6.54 Å². The average Bonchev–Trinajstić information content (AvgIpc) is 2.74. The van der Waals surface area contributed by atoms with Crippen molar-refractivity contribution in [1.82, 2.24) is 5.32 Å². The number of hydrogen-bond acceptors (Lipinski definition) is 2. The van der Waals surface area contributed by atoms with Crippen molar-refractivity contribution in [2.45, 2.75) is 26.3 Å². The van der Waals surface area contributed by atoms with Gasteiger partial charge in [0.25, 0.3) is 0 Å². The number of nitrogens with one attached hydrogen (secondary N) is 1. The van der Waals surface area contributed by atoms with Gasteiger partial charge < -0.3 is 5.32 Å². The minimum absolute atomic E-state index is 0.109. The van der Waals surface area contributed by atoms with Crippen molar-refractivity contribution >= 4 is 43.2 Å². The Morgan fingerprint density at radius 1 is 1.30 bits per heavy atom. The summed E-state index contributed by atoms with van der Waals surface area (Å²) >= 11 is 8.63. The highest BCUT2D eigenvalue weighted by molar-refractivity contribution is 9.11. The van der Waals surface area contributed by atoms with E-state index in [9.17, 15) is 4.39 Å². The van der Waals surface area contributed by atoms with Crippen LogP contribution in [0.5, 0.6) is 0 Å². The second-order valence-electron chi connectivity index (χ2n) is 4.66. The number of rotatable bonds is 5. The van der Waals surface area contributed by atoms with Gasteiger partial charge in [0.1, 0.15) is 5.82 Å². The molecule has 5 heteroatoms. The van der Waals surface area contributed by atoms with Crippen molar-refractivity contribution in [3.8, 4) is 0 Å². The Hall–Kier alpha value is -0.230. The molecule has 1 N–H and O–H groups in total. The lowest BCUT2D eigenvalue weighted by atomic mass is 10.0. The molecule has 0 saturated carbocycles. The zero-order valence-corrected chi connectivity index (χ0v) is 15.3. The van der Waals surface area contributed by atoms with Gasteiger partial charge in [-0.2, -0.15) is 0 Å². The lowest BCUT2D eigenvalue weighted by Crippen LogP contribution is -2.23. The molecule has 1 unspecified atom stereocenters. The Balaban J connectivity index is 2.43. The van der Waals surface area contributed by atoms with E-state index in [-0.39, 0.29) is 11.9 Å². The Kier molecular flexibility index (Phi) is 5.78. The molecule has 0 radical (unpaired) electrons. The summed E-state index contributed by atoms with van der Waals surface area (Å²) in [5.41, 5.74) is 1.87. The molecular weight excluding hydrogens is 405 g/mol. The molecule has 20 heavy (non-hydrogen) atoms. The maximum atomic E-state index is 14.2. The molecule has 1 aromatic carbocycles. The van der Waals surface area contributed by atoms with E-state index in [2.05, 4.69) is 57.1 Å². The second-order valence-corrected chi connectivity index (χ2v) is 7.98. The van der Waals surface area contributed by atoms with E-state index in [4.69, 9.17) is 0 Å². The molecule has 0 aliphatic carbocycles. The first kappa shape index (κ1) is 16.1. The van der Waals surface area contributed by atoms with Crippen LogP contribution >= 0.6 is 43.2 Å². The lowest BCUT2D eigenvalue weighted by molar-refractivity contribution is 0.550. The van der Waals surface area contributed by atoms with E-state index in [0.29, 0.717) is 5.56 Å². The summed E-state index contributed by atoms with van der Waals surface area (Å²) in [7, 11) is 0. The van der Waals surface area contributed by atoms with Crippen LogP contribution in [0, 0.1) is 12.7 Å². The molecule has 0 fully saturated rings. The second kappa shape index (κ2) is 7.16. The van der Waals surface area contributed by atoms with Crippen molar-refractivity contribution in [3.63, 3.8) is 0 Å². The third-order valence-corrected chi connectivity index (χ3v) is 5.72. The Bertz CT molecular complexity index is 578. The van der Waals surface area contributed by atoms with E-state index < -0.39 is 0 Å². The van der Waals surface area contributed by atoms with Gasteiger partial charge in [-0.1, -0.05) is 22.9 Å². The van der Waals surface area contributed by atoms with E-state index in [1.54, 1.807) is 17.4 Å². The number of hydrogen-bond donors (Lipinski definition) is 1. The Morgan fingerprint density at radius 3 is 2.65 bits per heavy atom. The minimum atomic E-state index is -0.177. The molecule has 108 valence electrons. The molecule has 1 aromatic heterocycles. The van der Waals surface area contributed by atoms with Crippen molar-refractivity contribution in [1.29, 1.82) is 0 Å². The fourth-order valence-electron chi connectivity index (χ4n) is 2.01. The first-order valence-corrected chi connectivity index (χ1v) is 8.87. The van der Waals surface area contributed by atoms with Crippen molar-refractivity contribution < 1.29 is 4.39 Å². The maximum absolute atomic E-state index is 14.2. The number of thiophene rings is 1. The molecule has 1 heterocycles. The van der Waals surface area contributed by atoms with Gasteiger partial charge in [0, 0.05) is 14.9 Å². The van der Waals surface area contributed by atoms with Gasteiger partial charge in [0.2, 0.25) is 0 Å². The van der Waals surface area contributed by atoms with Crippen LogP contribution in [0.4, 0.5) is 4.39 Å². The SMILES string of the molecule is CCCNC(c1cc(C)c(Br)s1)c1cc(Br)ccc1F. The largest absolute Gasteiger partial charge is 0.306 e. The number of halogens is 3. The van der Waals surface area contributed by atoms with Gasteiger partial charge in [-0.3, -0.25) is 0 Å². The summed E-state index contributed by atoms with van der Waals surface area (Å²) in [4.78, 5) is 1.12. The molecule has 0 spiro atoms. The zero-order chi connectivity index (χ0) is 14.7. The summed E-state index contributed by atoms with van der Waals surface area (Å²) in [5.74, 6) is -0.177. The van der Waals surface area contributed by atoms with Crippen LogP contribution in [-0.2, 0) is 0 Å². The Morgan fingerprint density at radius 2 is 2.05 bits per heavy atom. The van der Waals surface area contributed by atoms with E-state index >= 15 is 0 Å². The fraction of sp³-hybridized carbons (Fsp3) is 0.333. The third-order valence-electron chi connectivity index (χ3n) is 3.03. The predicted octanol–water partition coefficient (Wildman–Crippen LogP) is 5.81. The summed E-state index contributed by atoms with van der Waals surface area (Å²) < 4.78 is 16.2. The molecule has 0 bridgehead atoms. The van der Waals surface area contributed by atoms with E-state index in [1.165, 1.54) is 11.6 Å². The average molecular weight is 421 g/mol. The molecule has 0 aliphatic heterocycles. The normalized spacial score (nSPS) is 12.7. The summed E-state index contributed by atoms with van der Waals surface area (Å²) in [5, 5.41) is 3.44. The number of benzene rings is 1. The van der Waals surface area contributed by atoms with Crippen LogP contribution in [0.15, 0.2) is 32.5 Å². The topological polar surface area (TPSA) is 12.0 Å². The summed E-state index contributed by atoms with van der Waals surface area (Å²) in [6.07, 6.45) is 1.01. The highest BCUT2D eigenvalue weighted by Crippen LogP contribution is 2.35. The molecule has 2 aromatic rings. The standard InChI is InChI=1S/C15H16Br2FNS/c1-3-6-19-14(13-7-9(2)15(17)20-13)11-8-10(16)4-5-12(11)18/h4-5,7-8,14,19H,3,6H2,1-2H3. The van der Waals surface area contributed by atoms with Gasteiger partial charge >= 0.3 is 0 Å². The van der Waals surface area contributed by atoms with Crippen LogP contribution in [0.1, 0.15) is 35.4 Å². The Labute approximate surface area is 139 Å². The first-order chi connectivity index (χ1) is 9.52. The molecule has 0 saturated heterocycles. The van der Waals surface area contributed by atoms with E-state index in [1.807, 2.05) is 6.07 Å². The van der Waals surface area contributed by atoms with Crippen LogP contribution in [0.3, 0.4) is 0 Å². The molecule has 0 aliphatic rings. The third kappa shape index (κ3) is 3.70. The van der Waals surface area contributed by atoms with Crippen LogP contribution in [0.2, 0.25) is 0 Å². The van der Waals surface area contributed by atoms with Crippen LogP contribution in [0.25, 0.3) is 0 Å². The molecule has 1 atom stereocenters. The predicted molar refractivity (Wildman–Crippen MR) is 91.0 cm³/mol. The van der Waals surface area contributed by atoms with Gasteiger partial charge in [-0.25, -0.2) is 4.39 Å². The highest BCUT2D eigenvalue weighted by atomic mass is 79.9. The maximum Gasteiger partial charge on any atom is 0.128 e. The molecule has 1 nitrogen and oxygen atoms in total. The zero-order valence-electron chi connectivity index (χ0n) is 11.3.